The molecule has 0 saturated carbocycles. The molecule has 1 saturated heterocycles. The van der Waals surface area contributed by atoms with Gasteiger partial charge in [0.1, 0.15) is 5.94 Å². The molecule has 1 fully saturated rings. The third kappa shape index (κ3) is 1.38. The van der Waals surface area contributed by atoms with Crippen LogP contribution in [0.5, 0.6) is 0 Å². The molecule has 0 bridgehead atoms. The Kier molecular flexibility index (Phi) is 2.49. The van der Waals surface area contributed by atoms with Gasteiger partial charge in [-0.3, -0.25) is 0 Å². The summed E-state index contributed by atoms with van der Waals surface area (Å²) in [6, 6.07) is 0.154. The van der Waals surface area contributed by atoms with Gasteiger partial charge in [-0.2, -0.15) is 0 Å². The van der Waals surface area contributed by atoms with Crippen LogP contribution in [0.1, 0.15) is 12.8 Å². The fourth-order valence-corrected chi connectivity index (χ4v) is 1.29. The molecule has 0 unspecified atom stereocenters. The van der Waals surface area contributed by atoms with Crippen molar-refractivity contribution in [2.24, 2.45) is 0 Å². The van der Waals surface area contributed by atoms with Crippen LogP contribution < -0.4 is 0 Å². The van der Waals surface area contributed by atoms with Gasteiger partial charge in [-0.25, -0.2) is 4.79 Å². The smallest absolute Gasteiger partial charge is 0.142 e. The lowest BCUT2D eigenvalue weighted by molar-refractivity contribution is 0.196. The summed E-state index contributed by atoms with van der Waals surface area (Å²) in [6.45, 7) is 1.01. The molecule has 1 aliphatic rings. The van der Waals surface area contributed by atoms with Gasteiger partial charge in [-0.1, -0.05) is 0 Å². The number of aliphatic hydroxyl groups is 1. The molecule has 0 amide bonds. The van der Waals surface area contributed by atoms with Crippen molar-refractivity contribution in [1.29, 1.82) is 0 Å². The minimum atomic E-state index is 0.137. The number of aliphatic hydroxyl groups excluding tert-OH is 1. The van der Waals surface area contributed by atoms with Crippen LogP contribution in [0.15, 0.2) is 6.20 Å². The van der Waals surface area contributed by atoms with Crippen LogP contribution in [0, 0.1) is 0 Å². The molecule has 10 heavy (non-hydrogen) atoms. The quantitative estimate of drug-likeness (QED) is 0.541. The van der Waals surface area contributed by atoms with Crippen molar-refractivity contribution in [2.75, 3.05) is 13.2 Å². The highest BCUT2D eigenvalue weighted by molar-refractivity contribution is 5.44. The van der Waals surface area contributed by atoms with E-state index in [1.54, 1.807) is 5.94 Å². The molecule has 1 heterocycles. The number of carbonyl (C=O) groups excluding carboxylic acids is 1. The third-order valence-electron chi connectivity index (χ3n) is 1.85. The molecule has 0 aromatic rings. The second-order valence-electron chi connectivity index (χ2n) is 2.46. The molecule has 56 valence electrons. The monoisotopic (exact) mass is 141 g/mol. The largest absolute Gasteiger partial charge is 0.394 e. The van der Waals surface area contributed by atoms with Gasteiger partial charge in [-0.05, 0) is 12.8 Å². The lowest BCUT2D eigenvalue weighted by Gasteiger charge is -2.17. The predicted octanol–water partition coefficient (Wildman–Crippen LogP) is -0.212. The first kappa shape index (κ1) is 7.32. The fourth-order valence-electron chi connectivity index (χ4n) is 1.29. The Balaban J connectivity index is 2.49. The molecule has 3 heteroatoms. The summed E-state index contributed by atoms with van der Waals surface area (Å²) in [6.07, 6.45) is 3.42. The van der Waals surface area contributed by atoms with Crippen LogP contribution in [0.25, 0.3) is 0 Å². The van der Waals surface area contributed by atoms with E-state index in [4.69, 9.17) is 5.11 Å². The maximum Gasteiger partial charge on any atom is 0.142 e. The maximum absolute atomic E-state index is 9.92. The third-order valence-corrected chi connectivity index (χ3v) is 1.85. The Morgan fingerprint density at radius 1 is 1.80 bits per heavy atom. The summed E-state index contributed by atoms with van der Waals surface area (Å²) in [5, 5.41) is 8.77. The van der Waals surface area contributed by atoms with Crippen molar-refractivity contribution in [3.63, 3.8) is 0 Å². The first-order valence-corrected chi connectivity index (χ1v) is 3.46. The molecule has 0 aromatic carbocycles. The molecule has 1 aliphatic heterocycles. The molecular formula is C7H11NO2. The van der Waals surface area contributed by atoms with Crippen molar-refractivity contribution >= 4 is 5.94 Å². The Labute approximate surface area is 59.9 Å². The maximum atomic E-state index is 9.92. The van der Waals surface area contributed by atoms with Gasteiger partial charge in [0.15, 0.2) is 0 Å². The molecule has 1 rings (SSSR count). The van der Waals surface area contributed by atoms with E-state index >= 15 is 0 Å². The van der Waals surface area contributed by atoms with Crippen molar-refractivity contribution in [3.8, 4) is 0 Å². The number of likely N-dealkylation sites (tertiary alicyclic amines) is 1. The van der Waals surface area contributed by atoms with E-state index in [2.05, 4.69) is 0 Å². The topological polar surface area (TPSA) is 40.5 Å². The van der Waals surface area contributed by atoms with Gasteiger partial charge in [0.05, 0.1) is 18.8 Å². The Morgan fingerprint density at radius 2 is 2.60 bits per heavy atom. The van der Waals surface area contributed by atoms with E-state index in [-0.39, 0.29) is 12.6 Å². The average molecular weight is 141 g/mol. The minimum Gasteiger partial charge on any atom is -0.394 e. The molecule has 0 aliphatic carbocycles. The molecule has 0 aromatic heterocycles. The Morgan fingerprint density at radius 3 is 3.20 bits per heavy atom. The number of nitrogens with zero attached hydrogens (tertiary/aromatic N) is 1. The number of hydrogen-bond donors (Lipinski definition) is 1. The van der Waals surface area contributed by atoms with Crippen LogP contribution in [0.4, 0.5) is 0 Å². The van der Waals surface area contributed by atoms with E-state index < -0.39 is 0 Å². The summed E-state index contributed by atoms with van der Waals surface area (Å²) < 4.78 is 0. The first-order chi connectivity index (χ1) is 4.88. The molecular weight excluding hydrogens is 130 g/mol. The molecule has 0 radical (unpaired) electrons. The zero-order valence-corrected chi connectivity index (χ0v) is 5.79. The molecule has 1 N–H and O–H groups in total. The normalized spacial score (nSPS) is 24.5. The fraction of sp³-hybridized carbons (Fsp3) is 0.714. The zero-order valence-electron chi connectivity index (χ0n) is 5.79. The first-order valence-electron chi connectivity index (χ1n) is 3.46. The highest BCUT2D eigenvalue weighted by Crippen LogP contribution is 2.15. The summed E-state index contributed by atoms with van der Waals surface area (Å²) in [5.41, 5.74) is 0. The minimum absolute atomic E-state index is 0.137. The van der Waals surface area contributed by atoms with Crippen LogP contribution in [0.3, 0.4) is 0 Å². The van der Waals surface area contributed by atoms with Gasteiger partial charge >= 0.3 is 0 Å². The number of rotatable bonds is 2. The van der Waals surface area contributed by atoms with Gasteiger partial charge in [0, 0.05) is 6.54 Å². The lowest BCUT2D eigenvalue weighted by atomic mass is 10.2. The van der Waals surface area contributed by atoms with E-state index in [0.29, 0.717) is 0 Å². The van der Waals surface area contributed by atoms with Crippen molar-refractivity contribution in [3.05, 3.63) is 6.20 Å². The molecule has 0 spiro atoms. The molecule has 1 atom stereocenters. The van der Waals surface area contributed by atoms with Gasteiger partial charge < -0.3 is 10.0 Å². The second kappa shape index (κ2) is 3.40. The van der Waals surface area contributed by atoms with Crippen molar-refractivity contribution in [2.45, 2.75) is 18.9 Å². The molecule has 3 nitrogen and oxygen atoms in total. The van der Waals surface area contributed by atoms with Crippen LogP contribution in [0.2, 0.25) is 0 Å². The van der Waals surface area contributed by atoms with Crippen LogP contribution in [-0.2, 0) is 4.79 Å². The summed E-state index contributed by atoms with van der Waals surface area (Å²) in [4.78, 5) is 11.8. The van der Waals surface area contributed by atoms with Crippen molar-refractivity contribution < 1.29 is 9.90 Å². The summed E-state index contributed by atoms with van der Waals surface area (Å²) in [5.74, 6) is 1.71. The predicted molar refractivity (Wildman–Crippen MR) is 37.1 cm³/mol. The van der Waals surface area contributed by atoms with E-state index in [9.17, 15) is 4.79 Å². The van der Waals surface area contributed by atoms with Gasteiger partial charge in [0.2, 0.25) is 0 Å². The Hall–Kier alpha value is -0.790. The summed E-state index contributed by atoms with van der Waals surface area (Å²) in [7, 11) is 0. The van der Waals surface area contributed by atoms with E-state index in [1.807, 2.05) is 4.90 Å². The van der Waals surface area contributed by atoms with Crippen LogP contribution >= 0.6 is 0 Å². The standard InChI is InChI=1S/C7H11NO2/c9-5-4-8-3-1-2-7(8)6-10/h4,7,10H,1-3,6H2/t7-/m0/s1. The van der Waals surface area contributed by atoms with Crippen LogP contribution in [-0.4, -0.2) is 35.1 Å². The van der Waals surface area contributed by atoms with Gasteiger partial charge in [0.25, 0.3) is 0 Å². The zero-order chi connectivity index (χ0) is 7.40. The SMILES string of the molecule is O=C=CN1CCC[C@H]1CO. The van der Waals surface area contributed by atoms with E-state index in [0.717, 1.165) is 19.4 Å². The number of hydrogen-bond acceptors (Lipinski definition) is 3. The highest BCUT2D eigenvalue weighted by Gasteiger charge is 2.20. The average Bonchev–Trinajstić information content (AvgIpc) is 2.36. The van der Waals surface area contributed by atoms with Gasteiger partial charge in [-0.15, -0.1) is 0 Å². The summed E-state index contributed by atoms with van der Waals surface area (Å²) >= 11 is 0. The Bertz CT molecular complexity index is 152. The van der Waals surface area contributed by atoms with E-state index in [1.165, 1.54) is 6.20 Å². The second-order valence-corrected chi connectivity index (χ2v) is 2.46. The van der Waals surface area contributed by atoms with Crippen molar-refractivity contribution in [1.82, 2.24) is 4.90 Å². The lowest BCUT2D eigenvalue weighted by Crippen LogP contribution is -2.27. The highest BCUT2D eigenvalue weighted by atomic mass is 16.3.